The van der Waals surface area contributed by atoms with Gasteiger partial charge in [-0.25, -0.2) is 4.39 Å². The summed E-state index contributed by atoms with van der Waals surface area (Å²) >= 11 is 12.1. The lowest BCUT2D eigenvalue weighted by atomic mass is 9.80. The first-order chi connectivity index (χ1) is 11.3. The number of halogens is 3. The molecule has 1 saturated carbocycles. The van der Waals surface area contributed by atoms with E-state index in [4.69, 9.17) is 23.2 Å². The van der Waals surface area contributed by atoms with E-state index in [-0.39, 0.29) is 40.0 Å². The van der Waals surface area contributed by atoms with E-state index in [1.807, 2.05) is 19.0 Å². The molecule has 1 N–H and O–H groups in total. The number of allylic oxidation sites excluding steroid dienone is 1. The van der Waals surface area contributed by atoms with Gasteiger partial charge in [-0.3, -0.25) is 9.59 Å². The number of nitrogens with one attached hydrogen (secondary N) is 1. The minimum Gasteiger partial charge on any atom is -0.389 e. The molecule has 0 aliphatic heterocycles. The van der Waals surface area contributed by atoms with Crippen LogP contribution in [0, 0.1) is 5.82 Å². The predicted octanol–water partition coefficient (Wildman–Crippen LogP) is 3.18. The fourth-order valence-corrected chi connectivity index (χ4v) is 3.32. The summed E-state index contributed by atoms with van der Waals surface area (Å²) in [4.78, 5) is 26.6. The molecule has 7 heteroatoms. The maximum atomic E-state index is 13.7. The van der Waals surface area contributed by atoms with Crippen LogP contribution in [0.1, 0.15) is 24.3 Å². The summed E-state index contributed by atoms with van der Waals surface area (Å²) in [6, 6.07) is 2.56. The molecular weight excluding hydrogens is 354 g/mol. The predicted molar refractivity (Wildman–Crippen MR) is 93.0 cm³/mol. The van der Waals surface area contributed by atoms with Crippen molar-refractivity contribution in [2.45, 2.75) is 18.8 Å². The van der Waals surface area contributed by atoms with E-state index >= 15 is 0 Å². The van der Waals surface area contributed by atoms with Gasteiger partial charge in [0.1, 0.15) is 5.82 Å². The molecule has 0 atom stereocenters. The van der Waals surface area contributed by atoms with E-state index in [1.54, 1.807) is 0 Å². The molecule has 4 nitrogen and oxygen atoms in total. The molecule has 2 rings (SSSR count). The van der Waals surface area contributed by atoms with Crippen molar-refractivity contribution >= 4 is 34.8 Å². The molecule has 1 aromatic rings. The van der Waals surface area contributed by atoms with Crippen LogP contribution in [-0.4, -0.2) is 43.7 Å². The molecule has 1 aliphatic carbocycles. The molecule has 0 radical (unpaired) electrons. The molecule has 130 valence electrons. The Hall–Kier alpha value is -1.43. The minimum atomic E-state index is -0.609. The molecule has 24 heavy (non-hydrogen) atoms. The fraction of sp³-hybridized carbons (Fsp3) is 0.412. The maximum Gasteiger partial charge on any atom is 0.168 e. The van der Waals surface area contributed by atoms with Crippen LogP contribution < -0.4 is 5.32 Å². The molecule has 0 heterocycles. The van der Waals surface area contributed by atoms with Gasteiger partial charge < -0.3 is 10.2 Å². The third-order valence-electron chi connectivity index (χ3n) is 3.90. The van der Waals surface area contributed by atoms with Gasteiger partial charge in [0.25, 0.3) is 0 Å². The van der Waals surface area contributed by atoms with E-state index in [0.29, 0.717) is 12.1 Å². The lowest BCUT2D eigenvalue weighted by molar-refractivity contribution is -0.124. The molecule has 0 aromatic heterocycles. The Balaban J connectivity index is 2.14. The molecule has 0 saturated heterocycles. The van der Waals surface area contributed by atoms with Crippen molar-refractivity contribution in [2.75, 3.05) is 27.2 Å². The third-order valence-corrected chi connectivity index (χ3v) is 4.62. The van der Waals surface area contributed by atoms with E-state index < -0.39 is 11.7 Å². The van der Waals surface area contributed by atoms with Gasteiger partial charge in [0.05, 0.1) is 10.6 Å². The average Bonchev–Trinajstić information content (AvgIpc) is 2.49. The van der Waals surface area contributed by atoms with Crippen LogP contribution >= 0.6 is 23.2 Å². The van der Waals surface area contributed by atoms with Gasteiger partial charge in [0, 0.05) is 43.1 Å². The molecular formula is C17H19Cl2FN2O2. The van der Waals surface area contributed by atoms with Gasteiger partial charge in [0.2, 0.25) is 0 Å². The van der Waals surface area contributed by atoms with Crippen molar-refractivity contribution in [3.63, 3.8) is 0 Å². The highest BCUT2D eigenvalue weighted by atomic mass is 35.5. The highest BCUT2D eigenvalue weighted by Crippen LogP contribution is 2.40. The Bertz CT molecular complexity index is 669. The summed E-state index contributed by atoms with van der Waals surface area (Å²) in [7, 11) is 3.87. The van der Waals surface area contributed by atoms with Gasteiger partial charge >= 0.3 is 0 Å². The number of carbonyl (C=O) groups excluding carboxylic acids is 2. The first-order valence-electron chi connectivity index (χ1n) is 7.59. The number of hydrogen-bond donors (Lipinski definition) is 1. The van der Waals surface area contributed by atoms with Crippen molar-refractivity contribution in [1.82, 2.24) is 10.2 Å². The second-order valence-corrected chi connectivity index (χ2v) is 6.81. The number of rotatable bonds is 5. The van der Waals surface area contributed by atoms with E-state index in [2.05, 4.69) is 5.32 Å². The fourth-order valence-electron chi connectivity index (χ4n) is 2.64. The first kappa shape index (κ1) is 18.9. The Morgan fingerprint density at radius 2 is 1.88 bits per heavy atom. The monoisotopic (exact) mass is 372 g/mol. The number of carbonyl (C=O) groups is 2. The molecule has 1 aromatic carbocycles. The molecule has 0 amide bonds. The van der Waals surface area contributed by atoms with Crippen LogP contribution in [0.15, 0.2) is 23.9 Å². The second kappa shape index (κ2) is 8.10. The molecule has 1 fully saturated rings. The lowest BCUT2D eigenvalue weighted by Crippen LogP contribution is -2.28. The van der Waals surface area contributed by atoms with E-state index in [0.717, 1.165) is 6.54 Å². The lowest BCUT2D eigenvalue weighted by Gasteiger charge is -2.24. The summed E-state index contributed by atoms with van der Waals surface area (Å²) in [5.74, 6) is -1.68. The Morgan fingerprint density at radius 1 is 1.25 bits per heavy atom. The average molecular weight is 373 g/mol. The van der Waals surface area contributed by atoms with E-state index in [1.165, 1.54) is 18.3 Å². The summed E-state index contributed by atoms with van der Waals surface area (Å²) in [5.41, 5.74) is 0.480. The summed E-state index contributed by atoms with van der Waals surface area (Å²) < 4.78 is 13.7. The van der Waals surface area contributed by atoms with Crippen molar-refractivity contribution in [2.24, 2.45) is 0 Å². The summed E-state index contributed by atoms with van der Waals surface area (Å²) in [5, 5.41) is 3.12. The highest BCUT2D eigenvalue weighted by molar-refractivity contribution is 6.36. The number of likely N-dealkylation sites (N-methyl/N-ethyl adjacent to an activating group) is 1. The Labute approximate surface area is 150 Å². The standard InChI is InChI=1S/C17H19Cl2FN2O2/c1-22(2)6-5-21-9-11-14(23)7-10(8-15(11)24)16-12(18)3-4-13(20)17(16)19/h3-4,9-10,21H,5-8H2,1-2H3. The molecule has 0 spiro atoms. The van der Waals surface area contributed by atoms with Crippen LogP contribution in [0.3, 0.4) is 0 Å². The van der Waals surface area contributed by atoms with Gasteiger partial charge in [0.15, 0.2) is 11.6 Å². The molecule has 0 bridgehead atoms. The number of Topliss-reactive ketones (excluding diaryl/α,β-unsaturated/α-hetero) is 2. The summed E-state index contributed by atoms with van der Waals surface area (Å²) in [6.45, 7) is 1.41. The van der Waals surface area contributed by atoms with Crippen LogP contribution in [-0.2, 0) is 9.59 Å². The summed E-state index contributed by atoms with van der Waals surface area (Å²) in [6.07, 6.45) is 1.63. The van der Waals surface area contributed by atoms with Gasteiger partial charge in [-0.2, -0.15) is 0 Å². The zero-order valence-corrected chi connectivity index (χ0v) is 15.0. The largest absolute Gasteiger partial charge is 0.389 e. The van der Waals surface area contributed by atoms with Crippen molar-refractivity contribution in [3.8, 4) is 0 Å². The Morgan fingerprint density at radius 3 is 2.46 bits per heavy atom. The van der Waals surface area contributed by atoms with Gasteiger partial charge in [-0.05, 0) is 31.8 Å². The molecule has 1 aliphatic rings. The van der Waals surface area contributed by atoms with Crippen LogP contribution in [0.25, 0.3) is 0 Å². The number of benzene rings is 1. The SMILES string of the molecule is CN(C)CCNC=C1C(=O)CC(c2c(Cl)ccc(F)c2Cl)CC1=O. The van der Waals surface area contributed by atoms with Crippen molar-refractivity contribution in [3.05, 3.63) is 45.3 Å². The van der Waals surface area contributed by atoms with Crippen LogP contribution in [0.2, 0.25) is 10.0 Å². The zero-order valence-electron chi connectivity index (χ0n) is 13.5. The van der Waals surface area contributed by atoms with Gasteiger partial charge in [-0.15, -0.1) is 0 Å². The number of ketones is 2. The van der Waals surface area contributed by atoms with Crippen molar-refractivity contribution < 1.29 is 14.0 Å². The highest BCUT2D eigenvalue weighted by Gasteiger charge is 2.33. The quantitative estimate of drug-likeness (QED) is 0.373. The zero-order chi connectivity index (χ0) is 17.9. The normalized spacial score (nSPS) is 18.2. The van der Waals surface area contributed by atoms with Crippen LogP contribution in [0.4, 0.5) is 4.39 Å². The second-order valence-electron chi connectivity index (χ2n) is 6.02. The van der Waals surface area contributed by atoms with Crippen LogP contribution in [0.5, 0.6) is 0 Å². The molecule has 0 unspecified atom stereocenters. The van der Waals surface area contributed by atoms with E-state index in [9.17, 15) is 14.0 Å². The third kappa shape index (κ3) is 4.35. The Kier molecular flexibility index (Phi) is 6.38. The maximum absolute atomic E-state index is 13.7. The number of nitrogens with zero attached hydrogens (tertiary/aromatic N) is 1. The van der Waals surface area contributed by atoms with Gasteiger partial charge in [-0.1, -0.05) is 23.2 Å². The smallest absolute Gasteiger partial charge is 0.168 e. The number of hydrogen-bond acceptors (Lipinski definition) is 4. The first-order valence-corrected chi connectivity index (χ1v) is 8.35. The minimum absolute atomic E-state index is 0.0792. The van der Waals surface area contributed by atoms with Crippen molar-refractivity contribution in [1.29, 1.82) is 0 Å². The topological polar surface area (TPSA) is 49.4 Å².